The highest BCUT2D eigenvalue weighted by atomic mass is 19.1. The van der Waals surface area contributed by atoms with Gasteiger partial charge in [0, 0.05) is 26.2 Å². The molecule has 1 fully saturated rings. The average Bonchev–Trinajstić information content (AvgIpc) is 2.45. The van der Waals surface area contributed by atoms with Crippen LogP contribution in [0.4, 0.5) is 10.1 Å². The highest BCUT2D eigenvalue weighted by Crippen LogP contribution is 2.29. The van der Waals surface area contributed by atoms with E-state index in [-0.39, 0.29) is 12.4 Å². The van der Waals surface area contributed by atoms with Crippen molar-refractivity contribution >= 4 is 5.69 Å². The van der Waals surface area contributed by atoms with Crippen molar-refractivity contribution in [1.29, 1.82) is 0 Å². The third kappa shape index (κ3) is 3.45. The molecule has 0 bridgehead atoms. The molecule has 106 valence electrons. The Morgan fingerprint density at radius 1 is 1.37 bits per heavy atom. The summed E-state index contributed by atoms with van der Waals surface area (Å²) in [6.07, 6.45) is 1.87. The van der Waals surface area contributed by atoms with Crippen molar-refractivity contribution in [3.63, 3.8) is 0 Å². The van der Waals surface area contributed by atoms with E-state index in [9.17, 15) is 9.50 Å². The van der Waals surface area contributed by atoms with Crippen LogP contribution in [0.2, 0.25) is 0 Å². The molecular formula is C15H23FN2O. The summed E-state index contributed by atoms with van der Waals surface area (Å²) in [5.74, 6) is 0.234. The normalized spacial score (nSPS) is 16.9. The standard InChI is InChI=1S/C15H23FN2O/c1-2-17-10-13-4-3-5-14(16)15(13)18-8-6-12(11-19)7-9-18/h3-5,12,17,19H,2,6-11H2,1H3. The first-order valence-corrected chi connectivity index (χ1v) is 7.10. The van der Waals surface area contributed by atoms with Crippen LogP contribution in [-0.2, 0) is 6.54 Å². The third-order valence-corrected chi connectivity index (χ3v) is 3.82. The maximum absolute atomic E-state index is 14.1. The molecule has 1 saturated heterocycles. The summed E-state index contributed by atoms with van der Waals surface area (Å²) in [7, 11) is 0. The van der Waals surface area contributed by atoms with Gasteiger partial charge in [0.25, 0.3) is 0 Å². The van der Waals surface area contributed by atoms with Crippen molar-refractivity contribution in [1.82, 2.24) is 5.32 Å². The van der Waals surface area contributed by atoms with Crippen LogP contribution in [-0.4, -0.2) is 31.3 Å². The smallest absolute Gasteiger partial charge is 0.146 e. The quantitative estimate of drug-likeness (QED) is 0.857. The summed E-state index contributed by atoms with van der Waals surface area (Å²) in [5.41, 5.74) is 1.75. The van der Waals surface area contributed by atoms with E-state index in [0.717, 1.165) is 43.7 Å². The fourth-order valence-corrected chi connectivity index (χ4v) is 2.66. The molecule has 3 nitrogen and oxygen atoms in total. The van der Waals surface area contributed by atoms with Gasteiger partial charge in [-0.05, 0) is 36.9 Å². The molecule has 0 atom stereocenters. The van der Waals surface area contributed by atoms with Gasteiger partial charge < -0.3 is 15.3 Å². The number of rotatable bonds is 5. The molecule has 1 aromatic carbocycles. The first-order valence-electron chi connectivity index (χ1n) is 7.10. The van der Waals surface area contributed by atoms with Gasteiger partial charge in [-0.1, -0.05) is 19.1 Å². The molecule has 2 rings (SSSR count). The number of para-hydroxylation sites is 1. The molecule has 0 unspecified atom stereocenters. The maximum Gasteiger partial charge on any atom is 0.146 e. The Morgan fingerprint density at radius 3 is 2.74 bits per heavy atom. The van der Waals surface area contributed by atoms with Gasteiger partial charge in [0.15, 0.2) is 0 Å². The predicted octanol–water partition coefficient (Wildman–Crippen LogP) is 2.14. The number of hydrogen-bond donors (Lipinski definition) is 2. The summed E-state index contributed by atoms with van der Waals surface area (Å²) in [6.45, 7) is 5.52. The zero-order chi connectivity index (χ0) is 13.7. The number of anilines is 1. The molecule has 0 saturated carbocycles. The molecule has 0 amide bonds. The molecule has 0 radical (unpaired) electrons. The molecular weight excluding hydrogens is 243 g/mol. The topological polar surface area (TPSA) is 35.5 Å². The summed E-state index contributed by atoms with van der Waals surface area (Å²) in [6, 6.07) is 5.29. The van der Waals surface area contributed by atoms with Gasteiger partial charge in [0.1, 0.15) is 5.82 Å². The molecule has 2 N–H and O–H groups in total. The molecule has 1 aliphatic rings. The fourth-order valence-electron chi connectivity index (χ4n) is 2.66. The van der Waals surface area contributed by atoms with E-state index in [1.165, 1.54) is 6.07 Å². The average molecular weight is 266 g/mol. The summed E-state index contributed by atoms with van der Waals surface area (Å²) in [4.78, 5) is 2.12. The van der Waals surface area contributed by atoms with Gasteiger partial charge >= 0.3 is 0 Å². The van der Waals surface area contributed by atoms with Crippen molar-refractivity contribution in [3.8, 4) is 0 Å². The second-order valence-corrected chi connectivity index (χ2v) is 5.14. The van der Waals surface area contributed by atoms with E-state index in [0.29, 0.717) is 12.5 Å². The lowest BCUT2D eigenvalue weighted by molar-refractivity contribution is 0.202. The van der Waals surface area contributed by atoms with Gasteiger partial charge in [-0.25, -0.2) is 4.39 Å². The molecule has 1 aliphatic heterocycles. The lowest BCUT2D eigenvalue weighted by Gasteiger charge is -2.34. The Hall–Kier alpha value is -1.13. The molecule has 0 spiro atoms. The first-order chi connectivity index (χ1) is 9.26. The molecule has 0 aliphatic carbocycles. The van der Waals surface area contributed by atoms with Gasteiger partial charge in [0.2, 0.25) is 0 Å². The second kappa shape index (κ2) is 6.87. The summed E-state index contributed by atoms with van der Waals surface area (Å²) >= 11 is 0. The van der Waals surface area contributed by atoms with Crippen molar-refractivity contribution in [2.75, 3.05) is 31.1 Å². The number of halogens is 1. The lowest BCUT2D eigenvalue weighted by Crippen LogP contribution is -2.36. The number of nitrogens with one attached hydrogen (secondary N) is 1. The lowest BCUT2D eigenvalue weighted by atomic mass is 9.96. The zero-order valence-corrected chi connectivity index (χ0v) is 11.5. The highest BCUT2D eigenvalue weighted by Gasteiger charge is 2.22. The predicted molar refractivity (Wildman–Crippen MR) is 75.8 cm³/mol. The van der Waals surface area contributed by atoms with E-state index in [1.807, 2.05) is 13.0 Å². The molecule has 4 heteroatoms. The van der Waals surface area contributed by atoms with Crippen molar-refractivity contribution in [2.45, 2.75) is 26.3 Å². The third-order valence-electron chi connectivity index (χ3n) is 3.82. The Balaban J connectivity index is 2.14. The Labute approximate surface area is 114 Å². The van der Waals surface area contributed by atoms with Crippen molar-refractivity contribution < 1.29 is 9.50 Å². The summed E-state index contributed by atoms with van der Waals surface area (Å²) in [5, 5.41) is 12.4. The Bertz CT molecular complexity index is 403. The van der Waals surface area contributed by atoms with E-state index in [2.05, 4.69) is 10.2 Å². The van der Waals surface area contributed by atoms with Crippen LogP contribution in [0.15, 0.2) is 18.2 Å². The van der Waals surface area contributed by atoms with Gasteiger partial charge in [-0.2, -0.15) is 0 Å². The number of benzene rings is 1. The van der Waals surface area contributed by atoms with E-state index in [4.69, 9.17) is 0 Å². The maximum atomic E-state index is 14.1. The molecule has 0 aromatic heterocycles. The second-order valence-electron chi connectivity index (χ2n) is 5.14. The highest BCUT2D eigenvalue weighted by molar-refractivity contribution is 5.55. The number of nitrogens with zero attached hydrogens (tertiary/aromatic N) is 1. The van der Waals surface area contributed by atoms with Gasteiger partial charge in [-0.3, -0.25) is 0 Å². The van der Waals surface area contributed by atoms with Crippen LogP contribution in [0.1, 0.15) is 25.3 Å². The van der Waals surface area contributed by atoms with Crippen molar-refractivity contribution in [2.24, 2.45) is 5.92 Å². The Morgan fingerprint density at radius 2 is 2.11 bits per heavy atom. The largest absolute Gasteiger partial charge is 0.396 e. The Kier molecular flexibility index (Phi) is 5.16. The van der Waals surface area contributed by atoms with E-state index < -0.39 is 0 Å². The molecule has 19 heavy (non-hydrogen) atoms. The number of piperidine rings is 1. The van der Waals surface area contributed by atoms with Crippen LogP contribution in [0.5, 0.6) is 0 Å². The van der Waals surface area contributed by atoms with Crippen LogP contribution >= 0.6 is 0 Å². The SMILES string of the molecule is CCNCc1cccc(F)c1N1CCC(CO)CC1. The monoisotopic (exact) mass is 266 g/mol. The zero-order valence-electron chi connectivity index (χ0n) is 11.5. The minimum absolute atomic E-state index is 0.141. The number of aliphatic hydroxyl groups is 1. The minimum atomic E-state index is -0.141. The molecule has 1 aromatic rings. The van der Waals surface area contributed by atoms with E-state index in [1.54, 1.807) is 6.07 Å². The summed E-state index contributed by atoms with van der Waals surface area (Å²) < 4.78 is 14.1. The van der Waals surface area contributed by atoms with Gasteiger partial charge in [-0.15, -0.1) is 0 Å². The molecule has 1 heterocycles. The number of hydrogen-bond acceptors (Lipinski definition) is 3. The minimum Gasteiger partial charge on any atom is -0.396 e. The van der Waals surface area contributed by atoms with Gasteiger partial charge in [0.05, 0.1) is 5.69 Å². The van der Waals surface area contributed by atoms with Crippen LogP contribution in [0, 0.1) is 11.7 Å². The van der Waals surface area contributed by atoms with E-state index >= 15 is 0 Å². The van der Waals surface area contributed by atoms with Crippen LogP contribution in [0.25, 0.3) is 0 Å². The number of aliphatic hydroxyl groups excluding tert-OH is 1. The first kappa shape index (κ1) is 14.3. The fraction of sp³-hybridized carbons (Fsp3) is 0.600. The van der Waals surface area contributed by atoms with Crippen LogP contribution in [0.3, 0.4) is 0 Å². The van der Waals surface area contributed by atoms with Crippen molar-refractivity contribution in [3.05, 3.63) is 29.6 Å². The van der Waals surface area contributed by atoms with Crippen LogP contribution < -0.4 is 10.2 Å².